The van der Waals surface area contributed by atoms with Gasteiger partial charge in [0, 0.05) is 10.2 Å². The predicted molar refractivity (Wildman–Crippen MR) is 71.6 cm³/mol. The lowest BCUT2D eigenvalue weighted by Crippen LogP contribution is -2.13. The molecule has 0 radical (unpaired) electrons. The zero-order valence-electron chi connectivity index (χ0n) is 9.09. The summed E-state index contributed by atoms with van der Waals surface area (Å²) >= 11 is 5.09. The van der Waals surface area contributed by atoms with Crippen LogP contribution in [0.25, 0.3) is 0 Å². The summed E-state index contributed by atoms with van der Waals surface area (Å²) in [7, 11) is 0. The highest BCUT2D eigenvalue weighted by atomic mass is 79.9. The Morgan fingerprint density at radius 1 is 1.24 bits per heavy atom. The first kappa shape index (κ1) is 11.0. The number of rotatable bonds is 1. The van der Waals surface area contributed by atoms with E-state index in [1.54, 1.807) is 16.4 Å². The molecule has 0 amide bonds. The Morgan fingerprint density at radius 3 is 2.76 bits per heavy atom. The van der Waals surface area contributed by atoms with Crippen LogP contribution < -0.4 is 0 Å². The molecule has 2 heterocycles. The Kier molecular flexibility index (Phi) is 2.76. The zero-order valence-corrected chi connectivity index (χ0v) is 11.5. The van der Waals surface area contributed by atoms with Gasteiger partial charge in [-0.25, -0.2) is 0 Å². The van der Waals surface area contributed by atoms with E-state index in [-0.39, 0.29) is 0 Å². The largest absolute Gasteiger partial charge is 0.212 e. The highest BCUT2D eigenvalue weighted by Crippen LogP contribution is 2.24. The van der Waals surface area contributed by atoms with E-state index >= 15 is 0 Å². The summed E-state index contributed by atoms with van der Waals surface area (Å²) in [5.41, 5.74) is 2.19. The number of hydrogen-bond acceptors (Lipinski definition) is 4. The van der Waals surface area contributed by atoms with Crippen molar-refractivity contribution in [1.82, 2.24) is 14.9 Å². The minimum atomic E-state index is 0.821. The van der Waals surface area contributed by atoms with Gasteiger partial charge < -0.3 is 0 Å². The third kappa shape index (κ3) is 2.02. The predicted octanol–water partition coefficient (Wildman–Crippen LogP) is 2.71. The highest BCUT2D eigenvalue weighted by Gasteiger charge is 2.17. The molecule has 1 aromatic carbocycles. The minimum absolute atomic E-state index is 0.821. The Hall–Kier alpha value is -1.14. The molecule has 0 atom stereocenters. The molecule has 17 heavy (non-hydrogen) atoms. The van der Waals surface area contributed by atoms with Crippen LogP contribution in [-0.4, -0.2) is 26.3 Å². The van der Waals surface area contributed by atoms with Crippen LogP contribution >= 0.6 is 27.7 Å². The third-order valence-corrected chi connectivity index (χ3v) is 3.96. The first-order valence-electron chi connectivity index (χ1n) is 5.12. The van der Waals surface area contributed by atoms with Gasteiger partial charge in [-0.1, -0.05) is 39.8 Å². The molecule has 3 rings (SSSR count). The molecule has 0 spiro atoms. The van der Waals surface area contributed by atoms with Gasteiger partial charge in [0.25, 0.3) is 0 Å². The fraction of sp³-hybridized carbons (Fsp3) is 0.182. The van der Waals surface area contributed by atoms with Crippen molar-refractivity contribution < 1.29 is 0 Å². The molecule has 0 saturated carbocycles. The van der Waals surface area contributed by atoms with E-state index < -0.39 is 0 Å². The number of halogens is 1. The maximum Gasteiger partial charge on any atom is 0.212 e. The van der Waals surface area contributed by atoms with E-state index in [0.29, 0.717) is 0 Å². The van der Waals surface area contributed by atoms with E-state index in [4.69, 9.17) is 0 Å². The molecule has 86 valence electrons. The van der Waals surface area contributed by atoms with Gasteiger partial charge in [-0.2, -0.15) is 9.78 Å². The van der Waals surface area contributed by atoms with Gasteiger partial charge in [0.05, 0.1) is 5.71 Å². The topological polar surface area (TPSA) is 43.1 Å². The maximum atomic E-state index is 4.58. The second kappa shape index (κ2) is 4.27. The summed E-state index contributed by atoms with van der Waals surface area (Å²) in [6.45, 7) is 1.91. The Balaban J connectivity index is 2.03. The van der Waals surface area contributed by atoms with E-state index in [9.17, 15) is 0 Å². The zero-order chi connectivity index (χ0) is 11.8. The summed E-state index contributed by atoms with van der Waals surface area (Å²) in [5, 5.41) is 13.5. The van der Waals surface area contributed by atoms with Crippen molar-refractivity contribution in [3.63, 3.8) is 0 Å². The Labute approximate surface area is 111 Å². The van der Waals surface area contributed by atoms with Crippen LogP contribution in [0.4, 0.5) is 0 Å². The van der Waals surface area contributed by atoms with Gasteiger partial charge in [-0.3, -0.25) is 0 Å². The molecule has 1 aliphatic rings. The standard InChI is InChI=1S/C11H9BrN4S/c1-7-13-14-11-16(7)15-10(6-17-11)8-2-4-9(12)5-3-8/h2-5H,6H2,1H3. The number of nitrogens with zero attached hydrogens (tertiary/aromatic N) is 4. The fourth-order valence-corrected chi connectivity index (χ4v) is 2.76. The maximum absolute atomic E-state index is 4.58. The van der Waals surface area contributed by atoms with Gasteiger partial charge in [0.15, 0.2) is 5.82 Å². The number of aryl methyl sites for hydroxylation is 1. The Bertz CT molecular complexity index is 588. The van der Waals surface area contributed by atoms with Crippen LogP contribution in [0, 0.1) is 6.92 Å². The average Bonchev–Trinajstić information content (AvgIpc) is 2.72. The molecule has 0 saturated heterocycles. The van der Waals surface area contributed by atoms with Crippen LogP contribution in [-0.2, 0) is 0 Å². The molecule has 1 aliphatic heterocycles. The van der Waals surface area contributed by atoms with Crippen molar-refractivity contribution in [2.45, 2.75) is 12.1 Å². The van der Waals surface area contributed by atoms with Crippen LogP contribution in [0.2, 0.25) is 0 Å². The van der Waals surface area contributed by atoms with Gasteiger partial charge in [-0.15, -0.1) is 10.2 Å². The summed E-state index contributed by atoms with van der Waals surface area (Å²) in [6.07, 6.45) is 0. The lowest BCUT2D eigenvalue weighted by atomic mass is 10.1. The SMILES string of the molecule is Cc1nnc2n1N=C(c1ccc(Br)cc1)CS2. The van der Waals surface area contributed by atoms with Crippen molar-refractivity contribution in [3.8, 4) is 0 Å². The van der Waals surface area contributed by atoms with E-state index in [2.05, 4.69) is 43.4 Å². The van der Waals surface area contributed by atoms with Crippen LogP contribution in [0.15, 0.2) is 39.0 Å². The number of benzene rings is 1. The summed E-state index contributed by atoms with van der Waals surface area (Å²) < 4.78 is 2.87. The molecule has 4 nitrogen and oxygen atoms in total. The normalized spacial score (nSPS) is 14.4. The van der Waals surface area contributed by atoms with Crippen LogP contribution in [0.3, 0.4) is 0 Å². The number of thioether (sulfide) groups is 1. The molecule has 6 heteroatoms. The first-order chi connectivity index (χ1) is 8.24. The molecule has 0 N–H and O–H groups in total. The molecular formula is C11H9BrN4S. The quantitative estimate of drug-likeness (QED) is 0.813. The van der Waals surface area contributed by atoms with Crippen LogP contribution in [0.1, 0.15) is 11.4 Å². The number of aromatic nitrogens is 3. The number of fused-ring (bicyclic) bond motifs is 1. The van der Waals surface area contributed by atoms with Crippen molar-refractivity contribution in [3.05, 3.63) is 40.1 Å². The first-order valence-corrected chi connectivity index (χ1v) is 6.90. The summed E-state index contributed by atoms with van der Waals surface area (Å²) in [6, 6.07) is 8.18. The van der Waals surface area contributed by atoms with E-state index in [1.165, 1.54) is 0 Å². The van der Waals surface area contributed by atoms with E-state index in [1.807, 2.05) is 19.1 Å². The second-order valence-electron chi connectivity index (χ2n) is 3.68. The van der Waals surface area contributed by atoms with Gasteiger partial charge in [-0.05, 0) is 24.6 Å². The monoisotopic (exact) mass is 308 g/mol. The summed E-state index contributed by atoms with van der Waals surface area (Å²) in [5.74, 6) is 1.65. The molecule has 1 aromatic heterocycles. The fourth-order valence-electron chi connectivity index (χ4n) is 1.61. The molecule has 0 aliphatic carbocycles. The highest BCUT2D eigenvalue weighted by molar-refractivity contribution is 9.10. The molecular weight excluding hydrogens is 300 g/mol. The van der Waals surface area contributed by atoms with Crippen molar-refractivity contribution in [1.29, 1.82) is 0 Å². The van der Waals surface area contributed by atoms with Gasteiger partial charge >= 0.3 is 0 Å². The molecule has 0 unspecified atom stereocenters. The Morgan fingerprint density at radius 2 is 2.00 bits per heavy atom. The van der Waals surface area contributed by atoms with Gasteiger partial charge in [0.1, 0.15) is 0 Å². The minimum Gasteiger partial charge on any atom is -0.191 e. The third-order valence-electron chi connectivity index (χ3n) is 2.50. The molecule has 0 bridgehead atoms. The molecule has 2 aromatic rings. The van der Waals surface area contributed by atoms with Crippen molar-refractivity contribution >= 4 is 33.4 Å². The van der Waals surface area contributed by atoms with Crippen molar-refractivity contribution in [2.24, 2.45) is 5.10 Å². The lowest BCUT2D eigenvalue weighted by Gasteiger charge is -2.12. The van der Waals surface area contributed by atoms with E-state index in [0.717, 1.165) is 32.5 Å². The second-order valence-corrected chi connectivity index (χ2v) is 5.54. The smallest absolute Gasteiger partial charge is 0.191 e. The van der Waals surface area contributed by atoms with Crippen molar-refractivity contribution in [2.75, 3.05) is 5.75 Å². The van der Waals surface area contributed by atoms with Gasteiger partial charge in [0.2, 0.25) is 5.16 Å². The summed E-state index contributed by atoms with van der Waals surface area (Å²) in [4.78, 5) is 0. The molecule has 0 fully saturated rings. The average molecular weight is 309 g/mol. The lowest BCUT2D eigenvalue weighted by molar-refractivity contribution is 0.734. The van der Waals surface area contributed by atoms with Crippen LogP contribution in [0.5, 0.6) is 0 Å². The number of hydrogen-bond donors (Lipinski definition) is 0.